The van der Waals surface area contributed by atoms with Crippen molar-refractivity contribution in [3.63, 3.8) is 0 Å². The van der Waals surface area contributed by atoms with Crippen LogP contribution in [-0.4, -0.2) is 34.8 Å². The van der Waals surface area contributed by atoms with Gasteiger partial charge in [-0.15, -0.1) is 11.3 Å². The van der Waals surface area contributed by atoms with Gasteiger partial charge in [-0.05, 0) is 57.5 Å². The Balaban J connectivity index is 1.45. The minimum atomic E-state index is -0.462. The molecule has 35 heavy (non-hydrogen) atoms. The van der Waals surface area contributed by atoms with E-state index in [0.29, 0.717) is 28.5 Å². The molecule has 0 saturated heterocycles. The van der Waals surface area contributed by atoms with E-state index in [1.54, 1.807) is 24.3 Å². The normalized spacial score (nSPS) is 11.0. The van der Waals surface area contributed by atoms with Crippen LogP contribution in [0.15, 0.2) is 48.5 Å². The van der Waals surface area contributed by atoms with Crippen molar-refractivity contribution in [3.05, 3.63) is 75.8 Å². The van der Waals surface area contributed by atoms with E-state index in [4.69, 9.17) is 9.47 Å². The quantitative estimate of drug-likeness (QED) is 0.367. The lowest BCUT2D eigenvalue weighted by molar-refractivity contribution is 0.0848. The molecule has 182 valence electrons. The molecule has 4 rings (SSSR count). The molecule has 0 bridgehead atoms. The highest BCUT2D eigenvalue weighted by Crippen LogP contribution is 2.30. The number of benzene rings is 2. The van der Waals surface area contributed by atoms with Crippen molar-refractivity contribution in [2.24, 2.45) is 0 Å². The number of carbonyl (C=O) groups is 2. The zero-order valence-electron chi connectivity index (χ0n) is 20.3. The molecule has 9 heteroatoms. The van der Waals surface area contributed by atoms with Gasteiger partial charge in [0.1, 0.15) is 4.83 Å². The fourth-order valence-electron chi connectivity index (χ4n) is 3.61. The summed E-state index contributed by atoms with van der Waals surface area (Å²) >= 11 is 1.34. The average Bonchev–Trinajstić information content (AvgIpc) is 3.39. The summed E-state index contributed by atoms with van der Waals surface area (Å²) in [6.45, 7) is 8.40. The lowest BCUT2D eigenvalue weighted by Gasteiger charge is -2.14. The number of aryl methyl sites for hydroxylation is 2. The van der Waals surface area contributed by atoms with Gasteiger partial charge in [-0.25, -0.2) is 0 Å². The van der Waals surface area contributed by atoms with Crippen LogP contribution in [0.1, 0.15) is 50.7 Å². The molecule has 0 radical (unpaired) electrons. The van der Waals surface area contributed by atoms with Crippen LogP contribution in [0.2, 0.25) is 0 Å². The van der Waals surface area contributed by atoms with Crippen LogP contribution in [0.25, 0.3) is 10.2 Å². The number of nitrogens with one attached hydrogen (secondary N) is 2. The first-order valence-electron chi connectivity index (χ1n) is 11.2. The maximum atomic E-state index is 12.8. The number of thiophene rings is 1. The molecule has 2 heterocycles. The van der Waals surface area contributed by atoms with Gasteiger partial charge in [0.15, 0.2) is 11.5 Å². The maximum absolute atomic E-state index is 12.8. The molecule has 0 aliphatic rings. The number of methoxy groups -OCH3 is 1. The van der Waals surface area contributed by atoms with Crippen LogP contribution in [-0.2, 0) is 6.54 Å². The van der Waals surface area contributed by atoms with E-state index in [0.717, 1.165) is 21.5 Å². The van der Waals surface area contributed by atoms with E-state index in [1.807, 2.05) is 25.5 Å². The van der Waals surface area contributed by atoms with Crippen LogP contribution in [0.4, 0.5) is 0 Å². The fourth-order valence-corrected chi connectivity index (χ4v) is 4.66. The van der Waals surface area contributed by atoms with E-state index in [9.17, 15) is 9.59 Å². The number of rotatable bonds is 7. The van der Waals surface area contributed by atoms with Gasteiger partial charge in [0.05, 0.1) is 30.3 Å². The molecule has 0 unspecified atom stereocenters. The Hall–Kier alpha value is -3.85. The topological polar surface area (TPSA) is 94.5 Å². The molecular formula is C26H28N4O4S. The van der Waals surface area contributed by atoms with E-state index < -0.39 is 11.8 Å². The Morgan fingerprint density at radius 1 is 1.00 bits per heavy atom. The summed E-state index contributed by atoms with van der Waals surface area (Å²) in [4.78, 5) is 26.8. The second-order valence-electron chi connectivity index (χ2n) is 8.50. The second kappa shape index (κ2) is 10.2. The maximum Gasteiger partial charge on any atom is 0.279 e. The van der Waals surface area contributed by atoms with Crippen molar-refractivity contribution >= 4 is 33.4 Å². The molecular weight excluding hydrogens is 464 g/mol. The van der Waals surface area contributed by atoms with Gasteiger partial charge < -0.3 is 9.47 Å². The van der Waals surface area contributed by atoms with Crippen LogP contribution in [0.5, 0.6) is 11.5 Å². The first-order chi connectivity index (χ1) is 16.7. The van der Waals surface area contributed by atoms with E-state index in [-0.39, 0.29) is 6.10 Å². The molecule has 2 aromatic carbocycles. The molecule has 2 amide bonds. The monoisotopic (exact) mass is 492 g/mol. The summed E-state index contributed by atoms with van der Waals surface area (Å²) in [5, 5.41) is 5.55. The Morgan fingerprint density at radius 2 is 1.71 bits per heavy atom. The van der Waals surface area contributed by atoms with Gasteiger partial charge in [0, 0.05) is 10.9 Å². The molecule has 4 aromatic rings. The smallest absolute Gasteiger partial charge is 0.279 e. The Morgan fingerprint density at radius 3 is 2.40 bits per heavy atom. The summed E-state index contributed by atoms with van der Waals surface area (Å²) in [6, 6.07) is 14.9. The average molecular weight is 493 g/mol. The Bertz CT molecular complexity index is 1370. The summed E-state index contributed by atoms with van der Waals surface area (Å²) in [6.07, 6.45) is -0.0308. The molecule has 2 aromatic heterocycles. The molecule has 0 atom stereocenters. The highest BCUT2D eigenvalue weighted by Gasteiger charge is 2.18. The summed E-state index contributed by atoms with van der Waals surface area (Å²) in [7, 11) is 1.51. The van der Waals surface area contributed by atoms with Crippen LogP contribution in [0, 0.1) is 13.8 Å². The summed E-state index contributed by atoms with van der Waals surface area (Å²) < 4.78 is 12.9. The van der Waals surface area contributed by atoms with Gasteiger partial charge in [-0.1, -0.05) is 29.8 Å². The van der Waals surface area contributed by atoms with Gasteiger partial charge in [-0.2, -0.15) is 5.10 Å². The number of fused-ring (bicyclic) bond motifs is 1. The third kappa shape index (κ3) is 5.46. The fraction of sp³-hybridized carbons (Fsp3) is 0.269. The third-order valence-corrected chi connectivity index (χ3v) is 6.51. The molecule has 0 fully saturated rings. The number of nitrogens with zero attached hydrogens (tertiary/aromatic N) is 2. The molecule has 0 saturated carbocycles. The van der Waals surface area contributed by atoms with Crippen molar-refractivity contribution in [2.45, 2.75) is 40.3 Å². The van der Waals surface area contributed by atoms with Crippen molar-refractivity contribution in [2.75, 3.05) is 7.11 Å². The third-order valence-electron chi connectivity index (χ3n) is 5.36. The first kappa shape index (κ1) is 24.3. The minimum Gasteiger partial charge on any atom is -0.493 e. The van der Waals surface area contributed by atoms with E-state index >= 15 is 0 Å². The number of ether oxygens (including phenoxy) is 2. The highest BCUT2D eigenvalue weighted by atomic mass is 32.1. The van der Waals surface area contributed by atoms with Crippen LogP contribution < -0.4 is 20.3 Å². The molecule has 0 spiro atoms. The van der Waals surface area contributed by atoms with Gasteiger partial charge in [-0.3, -0.25) is 25.1 Å². The molecule has 0 aliphatic carbocycles. The zero-order chi connectivity index (χ0) is 25.1. The van der Waals surface area contributed by atoms with Crippen LogP contribution >= 0.6 is 11.3 Å². The van der Waals surface area contributed by atoms with Gasteiger partial charge in [0.2, 0.25) is 0 Å². The number of hydrazine groups is 1. The van der Waals surface area contributed by atoms with Crippen molar-refractivity contribution in [1.82, 2.24) is 20.6 Å². The molecule has 0 aliphatic heterocycles. The van der Waals surface area contributed by atoms with Crippen molar-refractivity contribution in [1.29, 1.82) is 0 Å². The van der Waals surface area contributed by atoms with Gasteiger partial charge >= 0.3 is 0 Å². The lowest BCUT2D eigenvalue weighted by Crippen LogP contribution is -2.41. The highest BCUT2D eigenvalue weighted by molar-refractivity contribution is 7.20. The number of aromatic nitrogens is 2. The second-order valence-corrected chi connectivity index (χ2v) is 9.53. The minimum absolute atomic E-state index is 0.0308. The first-order valence-corrected chi connectivity index (χ1v) is 12.0. The predicted molar refractivity (Wildman–Crippen MR) is 136 cm³/mol. The number of hydrogen-bond acceptors (Lipinski definition) is 6. The predicted octanol–water partition coefficient (Wildman–Crippen LogP) is 4.63. The SMILES string of the molecule is COc1cc(C(=O)NNC(=O)c2cc3c(C)nn(Cc4ccc(C)cc4)c3s2)ccc1OC(C)C. The number of hydrogen-bond donors (Lipinski definition) is 2. The van der Waals surface area contributed by atoms with E-state index in [1.165, 1.54) is 24.0 Å². The zero-order valence-corrected chi connectivity index (χ0v) is 21.2. The summed E-state index contributed by atoms with van der Waals surface area (Å²) in [5.41, 5.74) is 8.48. The van der Waals surface area contributed by atoms with E-state index in [2.05, 4.69) is 47.1 Å². The van der Waals surface area contributed by atoms with Crippen molar-refractivity contribution < 1.29 is 19.1 Å². The number of amides is 2. The standard InChI is InChI=1S/C26H28N4O4S/c1-15(2)34-21-11-10-19(12-22(21)33-5)24(31)27-28-25(32)23-13-20-17(4)29-30(26(20)35-23)14-18-8-6-16(3)7-9-18/h6-13,15H,14H2,1-5H3,(H,27,31)(H,28,32). The van der Waals surface area contributed by atoms with Crippen LogP contribution in [0.3, 0.4) is 0 Å². The molecule has 8 nitrogen and oxygen atoms in total. The Labute approximate surface area is 207 Å². The van der Waals surface area contributed by atoms with Crippen molar-refractivity contribution in [3.8, 4) is 11.5 Å². The Kier molecular flexibility index (Phi) is 7.07. The largest absolute Gasteiger partial charge is 0.493 e. The summed E-state index contributed by atoms with van der Waals surface area (Å²) in [5.74, 6) is 0.127. The number of carbonyl (C=O) groups excluding carboxylic acids is 2. The molecule has 2 N–H and O–H groups in total. The lowest BCUT2D eigenvalue weighted by atomic mass is 10.1. The van der Waals surface area contributed by atoms with Gasteiger partial charge in [0.25, 0.3) is 11.8 Å².